The molecular weight excluding hydrogens is 591 g/mol. The van der Waals surface area contributed by atoms with E-state index in [1.54, 1.807) is 6.92 Å². The van der Waals surface area contributed by atoms with E-state index >= 15 is 0 Å². The lowest BCUT2D eigenvalue weighted by Gasteiger charge is -2.20. The van der Waals surface area contributed by atoms with Crippen LogP contribution in [0.15, 0.2) is 0 Å². The zero-order valence-electron chi connectivity index (χ0n) is 29.5. The lowest BCUT2D eigenvalue weighted by molar-refractivity contribution is -0.180. The van der Waals surface area contributed by atoms with Crippen LogP contribution in [0.1, 0.15) is 201 Å². The topological polar surface area (TPSA) is 108 Å². The highest BCUT2D eigenvalue weighted by Gasteiger charge is 2.29. The predicted octanol–water partition coefficient (Wildman–Crippen LogP) is 11.5. The van der Waals surface area contributed by atoms with Gasteiger partial charge in [0.1, 0.15) is 0 Å². The first-order valence-corrected chi connectivity index (χ1v) is 20.3. The second-order valence-electron chi connectivity index (χ2n) is 12.6. The first-order valence-electron chi connectivity index (χ1n) is 18.8. The zero-order valence-corrected chi connectivity index (χ0v) is 30.4. The Hall–Kier alpha value is -0.950. The van der Waals surface area contributed by atoms with Crippen molar-refractivity contribution in [3.63, 3.8) is 0 Å². The molecule has 0 bridgehead atoms. The number of carbonyl (C=O) groups excluding carboxylic acids is 2. The van der Waals surface area contributed by atoms with E-state index in [2.05, 4.69) is 13.8 Å². The molecule has 0 aliphatic carbocycles. The molecule has 0 heterocycles. The van der Waals surface area contributed by atoms with Gasteiger partial charge in [0.05, 0.1) is 6.61 Å². The van der Waals surface area contributed by atoms with Gasteiger partial charge in [-0.3, -0.25) is 14.1 Å². The minimum absolute atomic E-state index is 0.0494. The Kier molecular flexibility index (Phi) is 32.3. The fourth-order valence-electron chi connectivity index (χ4n) is 5.44. The van der Waals surface area contributed by atoms with Crippen molar-refractivity contribution in [2.75, 3.05) is 13.2 Å². The highest BCUT2D eigenvalue weighted by molar-refractivity contribution is 7.47. The number of unbranched alkanes of at least 4 members (excludes halogenated alkanes) is 24. The van der Waals surface area contributed by atoms with Crippen LogP contribution in [0.3, 0.4) is 0 Å². The summed E-state index contributed by atoms with van der Waals surface area (Å²) in [6.45, 7) is 5.55. The molecule has 1 N–H and O–H groups in total. The standard InChI is InChI=1S/C36H71O8P/c1-4-7-9-11-13-15-17-19-21-23-25-27-29-31-34(37)41-33-36(44-45(39,40)42-6-3)43-35(38)32-30-28-26-24-22-20-18-16-14-12-10-8-5-2/h36H,4-33H2,1-3H3,(H,39,40). The number of hydrogen-bond donors (Lipinski definition) is 1. The van der Waals surface area contributed by atoms with Crippen molar-refractivity contribution < 1.29 is 37.6 Å². The Bertz CT molecular complexity index is 717. The molecule has 9 heteroatoms. The van der Waals surface area contributed by atoms with Gasteiger partial charge in [-0.1, -0.05) is 168 Å². The monoisotopic (exact) mass is 662 g/mol. The van der Waals surface area contributed by atoms with Crippen LogP contribution < -0.4 is 0 Å². The Balaban J connectivity index is 4.06. The van der Waals surface area contributed by atoms with Crippen molar-refractivity contribution in [3.8, 4) is 0 Å². The molecule has 0 aliphatic rings. The molecule has 0 rings (SSSR count). The lowest BCUT2D eigenvalue weighted by atomic mass is 10.0. The third kappa shape index (κ3) is 32.8. The maximum atomic E-state index is 12.4. The zero-order chi connectivity index (χ0) is 33.3. The second kappa shape index (κ2) is 33.0. The summed E-state index contributed by atoms with van der Waals surface area (Å²) < 4.78 is 32.4. The first kappa shape index (κ1) is 44.0. The summed E-state index contributed by atoms with van der Waals surface area (Å²) in [5.41, 5.74) is 0. The van der Waals surface area contributed by atoms with Crippen LogP contribution in [0.2, 0.25) is 0 Å². The molecule has 0 fully saturated rings. The third-order valence-corrected chi connectivity index (χ3v) is 9.24. The predicted molar refractivity (Wildman–Crippen MR) is 184 cm³/mol. The van der Waals surface area contributed by atoms with Gasteiger partial charge < -0.3 is 14.4 Å². The molecular formula is C36H71O8P. The first-order chi connectivity index (χ1) is 21.8. The van der Waals surface area contributed by atoms with E-state index in [1.165, 1.54) is 122 Å². The van der Waals surface area contributed by atoms with Crippen molar-refractivity contribution in [3.05, 3.63) is 0 Å². The van der Waals surface area contributed by atoms with Crippen molar-refractivity contribution in [1.82, 2.24) is 0 Å². The number of hydrogen-bond acceptors (Lipinski definition) is 7. The highest BCUT2D eigenvalue weighted by atomic mass is 31.2. The maximum Gasteiger partial charge on any atom is 0.475 e. The van der Waals surface area contributed by atoms with Gasteiger partial charge in [0.15, 0.2) is 6.61 Å². The van der Waals surface area contributed by atoms with E-state index in [-0.39, 0.29) is 19.4 Å². The highest BCUT2D eigenvalue weighted by Crippen LogP contribution is 2.44. The summed E-state index contributed by atoms with van der Waals surface area (Å²) in [7, 11) is -4.44. The molecule has 2 atom stereocenters. The number of carbonyl (C=O) groups is 2. The molecule has 0 radical (unpaired) electrons. The minimum atomic E-state index is -4.44. The smallest absolute Gasteiger partial charge is 0.459 e. The normalized spacial score (nSPS) is 13.4. The van der Waals surface area contributed by atoms with Crippen LogP contribution >= 0.6 is 7.82 Å². The minimum Gasteiger partial charge on any atom is -0.459 e. The summed E-state index contributed by atoms with van der Waals surface area (Å²) in [4.78, 5) is 34.5. The van der Waals surface area contributed by atoms with Gasteiger partial charge in [0, 0.05) is 12.8 Å². The van der Waals surface area contributed by atoms with Gasteiger partial charge in [0.25, 0.3) is 0 Å². The van der Waals surface area contributed by atoms with Gasteiger partial charge in [-0.2, -0.15) is 0 Å². The van der Waals surface area contributed by atoms with E-state index in [0.29, 0.717) is 6.42 Å². The van der Waals surface area contributed by atoms with Crippen molar-refractivity contribution in [1.29, 1.82) is 0 Å². The molecule has 8 nitrogen and oxygen atoms in total. The molecule has 0 spiro atoms. The van der Waals surface area contributed by atoms with Crippen LogP contribution in [-0.2, 0) is 32.7 Å². The molecule has 0 amide bonds. The molecule has 0 saturated carbocycles. The van der Waals surface area contributed by atoms with Crippen LogP contribution in [0.5, 0.6) is 0 Å². The van der Waals surface area contributed by atoms with Crippen LogP contribution in [0.25, 0.3) is 0 Å². The summed E-state index contributed by atoms with van der Waals surface area (Å²) in [5, 5.41) is 0. The molecule has 0 saturated heterocycles. The fourth-order valence-corrected chi connectivity index (χ4v) is 6.23. The molecule has 0 aromatic rings. The number of esters is 2. The molecule has 0 aliphatic heterocycles. The Morgan fingerprint density at radius 1 is 0.533 bits per heavy atom. The van der Waals surface area contributed by atoms with Crippen LogP contribution in [0.4, 0.5) is 0 Å². The van der Waals surface area contributed by atoms with Crippen LogP contribution in [0, 0.1) is 0 Å². The van der Waals surface area contributed by atoms with Crippen LogP contribution in [-0.4, -0.2) is 36.3 Å². The van der Waals surface area contributed by atoms with E-state index in [0.717, 1.165) is 38.5 Å². The van der Waals surface area contributed by atoms with E-state index in [1.807, 2.05) is 0 Å². The number of phosphoric ester groups is 1. The van der Waals surface area contributed by atoms with Gasteiger partial charge >= 0.3 is 19.8 Å². The van der Waals surface area contributed by atoms with Gasteiger partial charge in [-0.15, -0.1) is 0 Å². The van der Waals surface area contributed by atoms with Gasteiger partial charge in [-0.05, 0) is 19.8 Å². The van der Waals surface area contributed by atoms with Crippen molar-refractivity contribution in [2.24, 2.45) is 0 Å². The van der Waals surface area contributed by atoms with E-state index < -0.39 is 32.7 Å². The largest absolute Gasteiger partial charge is 0.475 e. The van der Waals surface area contributed by atoms with E-state index in [9.17, 15) is 19.0 Å². The molecule has 268 valence electrons. The van der Waals surface area contributed by atoms with Crippen molar-refractivity contribution in [2.45, 2.75) is 207 Å². The number of phosphoric acid groups is 1. The van der Waals surface area contributed by atoms with Gasteiger partial charge in [-0.25, -0.2) is 9.09 Å². The summed E-state index contributed by atoms with van der Waals surface area (Å²) in [6.07, 6.45) is 30.5. The Morgan fingerprint density at radius 2 is 0.867 bits per heavy atom. The Morgan fingerprint density at radius 3 is 1.22 bits per heavy atom. The summed E-state index contributed by atoms with van der Waals surface area (Å²) >= 11 is 0. The lowest BCUT2D eigenvalue weighted by Crippen LogP contribution is -2.27. The fraction of sp³-hybridized carbons (Fsp3) is 0.944. The second-order valence-corrected chi connectivity index (χ2v) is 14.0. The molecule has 0 aromatic carbocycles. The molecule has 45 heavy (non-hydrogen) atoms. The number of rotatable bonds is 35. The SMILES string of the molecule is CCCCCCCCCCCCCCCC(=O)OCC(OC(=O)CCCCCCCCCCCCCCC)OP(=O)(O)OCC. The molecule has 0 aromatic heterocycles. The average Bonchev–Trinajstić information content (AvgIpc) is 3.00. The molecule has 2 unspecified atom stereocenters. The van der Waals surface area contributed by atoms with Gasteiger partial charge in [0.2, 0.25) is 6.29 Å². The maximum absolute atomic E-state index is 12.4. The summed E-state index contributed by atoms with van der Waals surface area (Å²) in [6, 6.07) is 0. The van der Waals surface area contributed by atoms with Crippen molar-refractivity contribution >= 4 is 19.8 Å². The number of ether oxygens (including phenoxy) is 2. The average molecular weight is 663 g/mol. The summed E-state index contributed by atoms with van der Waals surface area (Å²) in [5.74, 6) is -0.990. The van der Waals surface area contributed by atoms with E-state index in [4.69, 9.17) is 18.5 Å². The quantitative estimate of drug-likeness (QED) is 0.0309. The Labute approximate surface area is 277 Å². The third-order valence-electron chi connectivity index (χ3n) is 8.16.